The lowest BCUT2D eigenvalue weighted by Crippen LogP contribution is -2.34. The molecule has 156 valence electrons. The Morgan fingerprint density at radius 1 is 1.20 bits per heavy atom. The zero-order valence-corrected chi connectivity index (χ0v) is 18.4. The van der Waals surface area contributed by atoms with Gasteiger partial charge in [-0.15, -0.1) is 11.3 Å². The lowest BCUT2D eigenvalue weighted by molar-refractivity contribution is 0.0957. The number of pyridine rings is 1. The minimum atomic E-state index is 0.00150. The Kier molecular flexibility index (Phi) is 5.21. The van der Waals surface area contributed by atoms with Gasteiger partial charge in [0.1, 0.15) is 4.83 Å². The molecule has 1 amide bonds. The highest BCUT2D eigenvalue weighted by Gasteiger charge is 2.37. The number of hydrogen-bond acceptors (Lipinski definition) is 5. The van der Waals surface area contributed by atoms with E-state index in [4.69, 9.17) is 0 Å². The first-order valence-corrected chi connectivity index (χ1v) is 11.7. The molecule has 2 aromatic heterocycles. The molecule has 0 aliphatic carbocycles. The first-order chi connectivity index (χ1) is 14.6. The topological polar surface area (TPSA) is 57.3 Å². The van der Waals surface area contributed by atoms with E-state index >= 15 is 0 Å². The van der Waals surface area contributed by atoms with E-state index in [9.17, 15) is 4.79 Å². The number of anilines is 1. The molecule has 3 aromatic rings. The summed E-state index contributed by atoms with van der Waals surface area (Å²) in [6.45, 7) is 6.90. The number of benzene rings is 1. The Balaban J connectivity index is 1.19. The van der Waals surface area contributed by atoms with Gasteiger partial charge in [-0.3, -0.25) is 4.79 Å². The van der Waals surface area contributed by atoms with Crippen molar-refractivity contribution in [1.29, 1.82) is 0 Å². The molecule has 2 unspecified atom stereocenters. The summed E-state index contributed by atoms with van der Waals surface area (Å²) < 4.78 is 0. The monoisotopic (exact) mass is 420 g/mol. The molecule has 1 aromatic carbocycles. The van der Waals surface area contributed by atoms with Gasteiger partial charge < -0.3 is 15.5 Å². The van der Waals surface area contributed by atoms with Crippen LogP contribution in [0.4, 0.5) is 5.69 Å². The summed E-state index contributed by atoms with van der Waals surface area (Å²) in [5.74, 6) is 0.00150. The van der Waals surface area contributed by atoms with E-state index in [-0.39, 0.29) is 5.91 Å². The molecule has 6 heteroatoms. The number of hydrogen-bond donors (Lipinski definition) is 2. The number of carbonyl (C=O) groups is 1. The van der Waals surface area contributed by atoms with Gasteiger partial charge in [0, 0.05) is 41.9 Å². The minimum Gasteiger partial charge on any atom is -0.367 e. The number of aromatic nitrogens is 1. The number of fused-ring (bicyclic) bond motifs is 2. The van der Waals surface area contributed by atoms with Gasteiger partial charge in [-0.05, 0) is 75.0 Å². The number of amides is 1. The van der Waals surface area contributed by atoms with Crippen molar-refractivity contribution in [3.8, 4) is 0 Å². The Hall–Kier alpha value is -2.44. The molecular weight excluding hydrogens is 392 g/mol. The van der Waals surface area contributed by atoms with Crippen LogP contribution in [0.3, 0.4) is 0 Å². The summed E-state index contributed by atoms with van der Waals surface area (Å²) in [4.78, 5) is 21.5. The van der Waals surface area contributed by atoms with Crippen LogP contribution < -0.4 is 15.5 Å². The third-order valence-electron chi connectivity index (χ3n) is 6.51. The first-order valence-electron chi connectivity index (χ1n) is 10.8. The van der Waals surface area contributed by atoms with Crippen LogP contribution >= 0.6 is 11.3 Å². The van der Waals surface area contributed by atoms with Gasteiger partial charge in [0.2, 0.25) is 0 Å². The molecule has 30 heavy (non-hydrogen) atoms. The van der Waals surface area contributed by atoms with Gasteiger partial charge >= 0.3 is 0 Å². The molecule has 2 aliphatic rings. The molecule has 0 bridgehead atoms. The van der Waals surface area contributed by atoms with Crippen molar-refractivity contribution in [3.63, 3.8) is 0 Å². The van der Waals surface area contributed by atoms with E-state index in [2.05, 4.69) is 50.8 Å². The highest BCUT2D eigenvalue weighted by molar-refractivity contribution is 7.20. The van der Waals surface area contributed by atoms with E-state index in [1.165, 1.54) is 35.4 Å². The lowest BCUT2D eigenvalue weighted by atomic mass is 10.1. The van der Waals surface area contributed by atoms with Crippen molar-refractivity contribution in [3.05, 3.63) is 58.1 Å². The molecule has 2 N–H and O–H groups in total. The van der Waals surface area contributed by atoms with Crippen LogP contribution in [0.1, 0.15) is 39.3 Å². The smallest absolute Gasteiger partial charge is 0.261 e. The molecule has 0 radical (unpaired) electrons. The zero-order chi connectivity index (χ0) is 20.7. The van der Waals surface area contributed by atoms with E-state index < -0.39 is 0 Å². The molecule has 5 rings (SSSR count). The van der Waals surface area contributed by atoms with Crippen LogP contribution in [0.15, 0.2) is 36.4 Å². The fourth-order valence-electron chi connectivity index (χ4n) is 4.85. The Labute approximate surface area is 181 Å². The maximum atomic E-state index is 12.7. The second kappa shape index (κ2) is 8.00. The largest absolute Gasteiger partial charge is 0.367 e. The summed E-state index contributed by atoms with van der Waals surface area (Å²) in [6.07, 6.45) is 3.32. The van der Waals surface area contributed by atoms with Gasteiger partial charge in [-0.2, -0.15) is 0 Å². The molecule has 2 atom stereocenters. The maximum Gasteiger partial charge on any atom is 0.261 e. The molecule has 2 fully saturated rings. The fraction of sp³-hybridized carbons (Fsp3) is 0.417. The second-order valence-electron chi connectivity index (χ2n) is 8.43. The molecule has 0 saturated carbocycles. The predicted octanol–water partition coefficient (Wildman–Crippen LogP) is 3.83. The van der Waals surface area contributed by atoms with E-state index in [0.717, 1.165) is 45.9 Å². The maximum absolute atomic E-state index is 12.7. The quantitative estimate of drug-likeness (QED) is 0.659. The number of nitrogens with zero attached hydrogens (tertiary/aromatic N) is 2. The van der Waals surface area contributed by atoms with Crippen molar-refractivity contribution in [2.45, 2.75) is 45.2 Å². The third kappa shape index (κ3) is 3.59. The molecular formula is C24H28N4OS. The van der Waals surface area contributed by atoms with Gasteiger partial charge in [-0.1, -0.05) is 12.1 Å². The van der Waals surface area contributed by atoms with Crippen molar-refractivity contribution in [2.24, 2.45) is 0 Å². The van der Waals surface area contributed by atoms with Gasteiger partial charge in [0.15, 0.2) is 0 Å². The van der Waals surface area contributed by atoms with Crippen LogP contribution in [-0.4, -0.2) is 42.6 Å². The molecule has 4 heterocycles. The number of carbonyl (C=O) groups excluding carboxylic acids is 1. The van der Waals surface area contributed by atoms with E-state index in [1.807, 2.05) is 19.9 Å². The molecule has 2 saturated heterocycles. The Bertz CT molecular complexity index is 1070. The highest BCUT2D eigenvalue weighted by atomic mass is 32.1. The summed E-state index contributed by atoms with van der Waals surface area (Å²) >= 11 is 1.48. The Morgan fingerprint density at radius 3 is 2.87 bits per heavy atom. The van der Waals surface area contributed by atoms with Crippen molar-refractivity contribution in [1.82, 2.24) is 15.6 Å². The number of nitrogens with one attached hydrogen (secondary N) is 2. The fourth-order valence-corrected chi connectivity index (χ4v) is 5.99. The number of aryl methyl sites for hydroxylation is 2. The molecule has 0 spiro atoms. The normalized spacial score (nSPS) is 20.7. The highest BCUT2D eigenvalue weighted by Crippen LogP contribution is 2.31. The molecule has 2 aliphatic heterocycles. The SMILES string of the molecule is Cc1ccc2c(C)c(C(=O)NCCc3ccc(N4CCC5NCCC54)cc3)sc2n1. The van der Waals surface area contributed by atoms with Crippen LogP contribution in [-0.2, 0) is 6.42 Å². The van der Waals surface area contributed by atoms with Gasteiger partial charge in [-0.25, -0.2) is 4.98 Å². The van der Waals surface area contributed by atoms with Crippen LogP contribution in [0.25, 0.3) is 10.2 Å². The summed E-state index contributed by atoms with van der Waals surface area (Å²) in [5.41, 5.74) is 4.58. The molecule has 5 nitrogen and oxygen atoms in total. The van der Waals surface area contributed by atoms with Crippen LogP contribution in [0, 0.1) is 13.8 Å². The predicted molar refractivity (Wildman–Crippen MR) is 124 cm³/mol. The first kappa shape index (κ1) is 19.5. The zero-order valence-electron chi connectivity index (χ0n) is 17.6. The number of rotatable bonds is 5. The minimum absolute atomic E-state index is 0.00150. The van der Waals surface area contributed by atoms with E-state index in [0.29, 0.717) is 18.6 Å². The lowest BCUT2D eigenvalue weighted by Gasteiger charge is -2.25. The van der Waals surface area contributed by atoms with Gasteiger partial charge in [0.25, 0.3) is 5.91 Å². The van der Waals surface area contributed by atoms with Crippen LogP contribution in [0.5, 0.6) is 0 Å². The summed E-state index contributed by atoms with van der Waals surface area (Å²) in [5, 5.41) is 7.78. The second-order valence-corrected chi connectivity index (χ2v) is 9.43. The van der Waals surface area contributed by atoms with E-state index in [1.54, 1.807) is 0 Å². The van der Waals surface area contributed by atoms with Crippen molar-refractivity contribution >= 4 is 33.1 Å². The summed E-state index contributed by atoms with van der Waals surface area (Å²) in [6, 6.07) is 14.3. The van der Waals surface area contributed by atoms with Crippen LogP contribution in [0.2, 0.25) is 0 Å². The average molecular weight is 421 g/mol. The standard InChI is InChI=1S/C24H28N4OS/c1-15-3-8-19-16(2)22(30-24(19)27-15)23(29)26-12-9-17-4-6-18(7-5-17)28-14-11-20-21(28)10-13-25-20/h3-8,20-21,25H,9-14H2,1-2H3,(H,26,29). The summed E-state index contributed by atoms with van der Waals surface area (Å²) in [7, 11) is 0. The van der Waals surface area contributed by atoms with Crippen molar-refractivity contribution < 1.29 is 4.79 Å². The average Bonchev–Trinajstić information content (AvgIpc) is 3.43. The van der Waals surface area contributed by atoms with Gasteiger partial charge in [0.05, 0.1) is 4.88 Å². The van der Waals surface area contributed by atoms with Crippen molar-refractivity contribution in [2.75, 3.05) is 24.5 Å². The Morgan fingerprint density at radius 2 is 2.03 bits per heavy atom. The number of thiophene rings is 1. The third-order valence-corrected chi connectivity index (χ3v) is 7.71.